The summed E-state index contributed by atoms with van der Waals surface area (Å²) >= 11 is 5.48. The minimum atomic E-state index is -1.26. The molecule has 1 amide bonds. The third-order valence-electron chi connectivity index (χ3n) is 4.43. The number of amides is 1. The summed E-state index contributed by atoms with van der Waals surface area (Å²) in [4.78, 5) is 13.9. The van der Waals surface area contributed by atoms with Crippen LogP contribution in [0.1, 0.15) is 17.7 Å². The van der Waals surface area contributed by atoms with Crippen LogP contribution >= 0.6 is 12.2 Å². The number of benzene rings is 1. The zero-order chi connectivity index (χ0) is 21.3. The molecule has 5 N–H and O–H groups in total. The molecule has 2 aromatic rings. The Labute approximate surface area is 170 Å². The van der Waals surface area contributed by atoms with Gasteiger partial charge in [0.2, 0.25) is 0 Å². The van der Waals surface area contributed by atoms with Crippen LogP contribution in [0.15, 0.2) is 30.0 Å². The molecule has 29 heavy (non-hydrogen) atoms. The molecule has 0 saturated carbocycles. The second kappa shape index (κ2) is 8.31. The summed E-state index contributed by atoms with van der Waals surface area (Å²) in [6.07, 6.45) is 1.63. The molecule has 0 saturated heterocycles. The molecule has 1 aliphatic rings. The quantitative estimate of drug-likeness (QED) is 0.222. The highest BCUT2D eigenvalue weighted by Crippen LogP contribution is 2.26. The third-order valence-corrected chi connectivity index (χ3v) is 4.80. The number of aryl methyl sites for hydroxylation is 1. The second-order valence-corrected chi connectivity index (χ2v) is 7.19. The number of thiocarbonyl (C=S) groups is 1. The van der Waals surface area contributed by atoms with E-state index in [9.17, 15) is 18.0 Å². The Morgan fingerprint density at radius 3 is 2.66 bits per heavy atom. The normalized spacial score (nSPS) is 14.3. The SMILES string of the molecule is Cc1cc2n(n1)CC(C(=O)NN)=CN2C(=S)C[C@H](N)Cc1cc(F)c(F)cc1F. The largest absolute Gasteiger partial charge is 0.327 e. The summed E-state index contributed by atoms with van der Waals surface area (Å²) in [7, 11) is 0. The van der Waals surface area contributed by atoms with Crippen molar-refractivity contribution in [2.45, 2.75) is 32.4 Å². The summed E-state index contributed by atoms with van der Waals surface area (Å²) in [6, 6.07) is 2.40. The monoisotopic (exact) mass is 424 g/mol. The van der Waals surface area contributed by atoms with Crippen molar-refractivity contribution in [3.8, 4) is 0 Å². The number of hydrazine groups is 1. The maximum atomic E-state index is 13.9. The summed E-state index contributed by atoms with van der Waals surface area (Å²) in [5.74, 6) is 2.10. The predicted octanol–water partition coefficient (Wildman–Crippen LogP) is 1.59. The van der Waals surface area contributed by atoms with E-state index in [1.54, 1.807) is 28.8 Å². The van der Waals surface area contributed by atoms with Gasteiger partial charge < -0.3 is 5.73 Å². The maximum absolute atomic E-state index is 13.9. The summed E-state index contributed by atoms with van der Waals surface area (Å²) in [5, 5.41) is 4.32. The van der Waals surface area contributed by atoms with Gasteiger partial charge >= 0.3 is 0 Å². The lowest BCUT2D eigenvalue weighted by Crippen LogP contribution is -2.39. The van der Waals surface area contributed by atoms with Gasteiger partial charge in [0.05, 0.1) is 22.8 Å². The Kier molecular flexibility index (Phi) is 6.01. The predicted molar refractivity (Wildman–Crippen MR) is 105 cm³/mol. The Balaban J connectivity index is 1.79. The topological polar surface area (TPSA) is 102 Å². The van der Waals surface area contributed by atoms with Gasteiger partial charge in [-0.05, 0) is 25.0 Å². The average Bonchev–Trinajstić information content (AvgIpc) is 3.04. The second-order valence-electron chi connectivity index (χ2n) is 6.72. The van der Waals surface area contributed by atoms with Gasteiger partial charge in [-0.3, -0.25) is 15.1 Å². The Bertz CT molecular complexity index is 1010. The summed E-state index contributed by atoms with van der Waals surface area (Å²) < 4.78 is 42.0. The highest BCUT2D eigenvalue weighted by Gasteiger charge is 2.26. The van der Waals surface area contributed by atoms with E-state index in [1.807, 2.05) is 0 Å². The first-order chi connectivity index (χ1) is 13.7. The van der Waals surface area contributed by atoms with Crippen LogP contribution in [0.3, 0.4) is 0 Å². The van der Waals surface area contributed by atoms with E-state index in [-0.39, 0.29) is 24.9 Å². The molecule has 1 aromatic carbocycles. The lowest BCUT2D eigenvalue weighted by atomic mass is 10.0. The number of hydrogen-bond donors (Lipinski definition) is 3. The van der Waals surface area contributed by atoms with Gasteiger partial charge in [0.15, 0.2) is 11.6 Å². The van der Waals surface area contributed by atoms with Gasteiger partial charge in [0, 0.05) is 30.8 Å². The number of hydrogen-bond acceptors (Lipinski definition) is 5. The van der Waals surface area contributed by atoms with E-state index in [1.165, 1.54) is 0 Å². The molecule has 0 bridgehead atoms. The molecule has 1 aliphatic heterocycles. The standard InChI is InChI=1S/C18H19F3N6OS/c1-9-2-16-26(7-11(18(28)24-23)8-27(16)25-9)17(29)5-12(22)3-10-4-14(20)15(21)6-13(10)19/h2,4,6-7,12H,3,5,8,22-23H2,1H3,(H,24,28)/t12-/m1/s1. The van der Waals surface area contributed by atoms with Crippen molar-refractivity contribution in [3.63, 3.8) is 0 Å². The molecule has 11 heteroatoms. The number of aromatic nitrogens is 2. The van der Waals surface area contributed by atoms with Gasteiger partial charge in [0.1, 0.15) is 11.6 Å². The number of anilines is 1. The number of nitrogens with zero attached hydrogens (tertiary/aromatic N) is 3. The van der Waals surface area contributed by atoms with E-state index in [0.29, 0.717) is 22.4 Å². The number of carbonyl (C=O) groups excluding carboxylic acids is 1. The number of rotatable bonds is 5. The van der Waals surface area contributed by atoms with E-state index in [2.05, 4.69) is 10.5 Å². The molecule has 1 aromatic heterocycles. The summed E-state index contributed by atoms with van der Waals surface area (Å²) in [6.45, 7) is 2.02. The van der Waals surface area contributed by atoms with Crippen LogP contribution in [-0.4, -0.2) is 26.7 Å². The molecular weight excluding hydrogens is 405 g/mol. The molecule has 3 rings (SSSR count). The van der Waals surface area contributed by atoms with E-state index >= 15 is 0 Å². The highest BCUT2D eigenvalue weighted by molar-refractivity contribution is 7.80. The number of nitrogens with two attached hydrogens (primary N) is 2. The molecule has 0 spiro atoms. The van der Waals surface area contributed by atoms with Crippen LogP contribution < -0.4 is 21.9 Å². The first-order valence-electron chi connectivity index (χ1n) is 8.66. The molecule has 2 heterocycles. The van der Waals surface area contributed by atoms with Crippen molar-refractivity contribution in [1.29, 1.82) is 0 Å². The lowest BCUT2D eigenvalue weighted by Gasteiger charge is -2.28. The minimum Gasteiger partial charge on any atom is -0.327 e. The van der Waals surface area contributed by atoms with Gasteiger partial charge in [-0.1, -0.05) is 12.2 Å². The molecule has 7 nitrogen and oxygen atoms in total. The van der Waals surface area contributed by atoms with E-state index in [4.69, 9.17) is 23.8 Å². The van der Waals surface area contributed by atoms with Crippen molar-refractivity contribution >= 4 is 28.9 Å². The number of fused-ring (bicyclic) bond motifs is 1. The molecular formula is C18H19F3N6OS. The van der Waals surface area contributed by atoms with Crippen molar-refractivity contribution < 1.29 is 18.0 Å². The first kappa shape index (κ1) is 21.0. The van der Waals surface area contributed by atoms with Crippen molar-refractivity contribution in [2.24, 2.45) is 11.6 Å². The van der Waals surface area contributed by atoms with Crippen LogP contribution in [0.5, 0.6) is 0 Å². The van der Waals surface area contributed by atoms with Gasteiger partial charge in [-0.15, -0.1) is 0 Å². The third kappa shape index (κ3) is 4.47. The highest BCUT2D eigenvalue weighted by atomic mass is 32.1. The first-order valence-corrected chi connectivity index (χ1v) is 9.07. The molecule has 1 atom stereocenters. The molecule has 0 fully saturated rings. The molecule has 154 valence electrons. The minimum absolute atomic E-state index is 0.0440. The van der Waals surface area contributed by atoms with Gasteiger partial charge in [0.25, 0.3) is 5.91 Å². The van der Waals surface area contributed by atoms with E-state index < -0.39 is 29.4 Å². The van der Waals surface area contributed by atoms with Gasteiger partial charge in [-0.25, -0.2) is 23.7 Å². The van der Waals surface area contributed by atoms with E-state index in [0.717, 1.165) is 11.8 Å². The number of nitrogens with one attached hydrogen (secondary N) is 1. The molecule has 0 radical (unpaired) electrons. The fourth-order valence-electron chi connectivity index (χ4n) is 3.09. The zero-order valence-corrected chi connectivity index (χ0v) is 16.3. The van der Waals surface area contributed by atoms with Crippen LogP contribution in [0, 0.1) is 24.4 Å². The Morgan fingerprint density at radius 1 is 1.28 bits per heavy atom. The van der Waals surface area contributed by atoms with Crippen molar-refractivity contribution in [3.05, 3.63) is 58.7 Å². The van der Waals surface area contributed by atoms with Crippen LogP contribution in [0.25, 0.3) is 0 Å². The van der Waals surface area contributed by atoms with Crippen LogP contribution in [0.2, 0.25) is 0 Å². The van der Waals surface area contributed by atoms with Crippen LogP contribution in [0.4, 0.5) is 19.0 Å². The Hall–Kier alpha value is -2.76. The Morgan fingerprint density at radius 2 is 1.97 bits per heavy atom. The zero-order valence-electron chi connectivity index (χ0n) is 15.5. The summed E-state index contributed by atoms with van der Waals surface area (Å²) in [5.41, 5.74) is 9.17. The van der Waals surface area contributed by atoms with Crippen molar-refractivity contribution in [2.75, 3.05) is 4.90 Å². The van der Waals surface area contributed by atoms with Crippen LogP contribution in [-0.2, 0) is 17.8 Å². The fourth-order valence-corrected chi connectivity index (χ4v) is 3.45. The van der Waals surface area contributed by atoms with Crippen molar-refractivity contribution in [1.82, 2.24) is 15.2 Å². The number of carbonyl (C=O) groups is 1. The average molecular weight is 424 g/mol. The molecule has 0 aliphatic carbocycles. The number of halogens is 3. The lowest BCUT2D eigenvalue weighted by molar-refractivity contribution is -0.117. The van der Waals surface area contributed by atoms with Gasteiger partial charge in [-0.2, -0.15) is 5.10 Å². The fraction of sp³-hybridized carbons (Fsp3) is 0.278. The maximum Gasteiger partial charge on any atom is 0.264 e. The smallest absolute Gasteiger partial charge is 0.264 e. The molecule has 0 unspecified atom stereocenters.